The number of aromatic nitrogens is 4. The second kappa shape index (κ2) is 6.55. The van der Waals surface area contributed by atoms with Gasteiger partial charge in [0.25, 0.3) is 0 Å². The number of aliphatic hydroxyl groups is 2. The van der Waals surface area contributed by atoms with Crippen molar-refractivity contribution in [3.63, 3.8) is 0 Å². The van der Waals surface area contributed by atoms with Crippen LogP contribution in [0.15, 0.2) is 12.7 Å². The Bertz CT molecular complexity index is 737. The number of rotatable bonds is 4. The fraction of sp³-hybridized carbons (Fsp3) is 0.538. The molecule has 1 amide bonds. The molecule has 5 N–H and O–H groups in total. The minimum Gasteiger partial charge on any atom is -0.447 e. The molecule has 0 aromatic carbocycles. The van der Waals surface area contributed by atoms with E-state index in [2.05, 4.69) is 20.3 Å². The van der Waals surface area contributed by atoms with Gasteiger partial charge in [-0.25, -0.2) is 19.7 Å². The molecule has 1 fully saturated rings. The Morgan fingerprint density at radius 3 is 2.96 bits per heavy atom. The molecule has 3 heterocycles. The van der Waals surface area contributed by atoms with Crippen LogP contribution in [-0.4, -0.2) is 67.3 Å². The fourth-order valence-electron chi connectivity index (χ4n) is 2.51. The van der Waals surface area contributed by atoms with Gasteiger partial charge in [-0.2, -0.15) is 0 Å². The number of hydrogen-bond donors (Lipinski definition) is 4. The summed E-state index contributed by atoms with van der Waals surface area (Å²) in [6.45, 7) is 1.96. The average Bonchev–Trinajstić information content (AvgIpc) is 3.10. The summed E-state index contributed by atoms with van der Waals surface area (Å²) >= 11 is 0. The molecule has 0 bridgehead atoms. The van der Waals surface area contributed by atoms with E-state index >= 15 is 0 Å². The second-order valence-electron chi connectivity index (χ2n) is 5.26. The maximum absolute atomic E-state index is 11.3. The van der Waals surface area contributed by atoms with Gasteiger partial charge in [0.2, 0.25) is 0 Å². The molecule has 1 saturated heterocycles. The van der Waals surface area contributed by atoms with Gasteiger partial charge in [-0.05, 0) is 6.92 Å². The number of nitrogens with two attached hydrogens (primary N) is 1. The predicted molar refractivity (Wildman–Crippen MR) is 80.7 cm³/mol. The third-order valence-corrected chi connectivity index (χ3v) is 3.70. The molecule has 2 aromatic rings. The Labute approximate surface area is 136 Å². The summed E-state index contributed by atoms with van der Waals surface area (Å²) in [7, 11) is 0. The smallest absolute Gasteiger partial charge is 0.407 e. The molecule has 2 aromatic heterocycles. The Morgan fingerprint density at radius 2 is 2.21 bits per heavy atom. The first-order chi connectivity index (χ1) is 11.5. The number of carbonyl (C=O) groups excluding carboxylic acids is 1. The first kappa shape index (κ1) is 16.4. The number of ether oxygens (including phenoxy) is 2. The summed E-state index contributed by atoms with van der Waals surface area (Å²) < 4.78 is 12.0. The van der Waals surface area contributed by atoms with Crippen molar-refractivity contribution in [2.45, 2.75) is 31.5 Å². The largest absolute Gasteiger partial charge is 0.447 e. The van der Waals surface area contributed by atoms with E-state index in [4.69, 9.17) is 15.2 Å². The molecule has 2 unspecified atom stereocenters. The highest BCUT2D eigenvalue weighted by molar-refractivity contribution is 5.81. The van der Waals surface area contributed by atoms with Crippen molar-refractivity contribution in [2.75, 3.05) is 18.9 Å². The number of imidazole rings is 1. The molecule has 11 nitrogen and oxygen atoms in total. The molecule has 24 heavy (non-hydrogen) atoms. The highest BCUT2D eigenvalue weighted by atomic mass is 16.6. The first-order valence-electron chi connectivity index (χ1n) is 7.38. The molecule has 130 valence electrons. The second-order valence-corrected chi connectivity index (χ2v) is 5.26. The maximum Gasteiger partial charge on any atom is 0.407 e. The maximum atomic E-state index is 11.3. The van der Waals surface area contributed by atoms with Crippen LogP contribution in [-0.2, 0) is 9.47 Å². The van der Waals surface area contributed by atoms with Crippen molar-refractivity contribution in [1.29, 1.82) is 0 Å². The Kier molecular flexibility index (Phi) is 4.46. The standard InChI is InChI=1S/C13H18N6O5/c1-2-15-13(22)23-3-6-8(20)9(21)12(24-6)19-5-18-7-10(14)16-4-17-11(7)19/h4-6,8-9,12,20-21H,2-3H2,1H3,(H,15,22)(H2,14,16,17)/t6-,8?,9?,12-/m1/s1. The summed E-state index contributed by atoms with van der Waals surface area (Å²) in [5.74, 6) is 0.197. The van der Waals surface area contributed by atoms with E-state index in [1.807, 2.05) is 0 Å². The van der Waals surface area contributed by atoms with Crippen LogP contribution in [0.25, 0.3) is 11.2 Å². The van der Waals surface area contributed by atoms with Crippen molar-refractivity contribution < 1.29 is 24.5 Å². The quantitative estimate of drug-likeness (QED) is 0.536. The lowest BCUT2D eigenvalue weighted by Gasteiger charge is -2.16. The topological polar surface area (TPSA) is 158 Å². The monoisotopic (exact) mass is 338 g/mol. The lowest BCUT2D eigenvalue weighted by molar-refractivity contribution is -0.0532. The van der Waals surface area contributed by atoms with E-state index in [-0.39, 0.29) is 12.4 Å². The van der Waals surface area contributed by atoms with E-state index in [1.165, 1.54) is 17.2 Å². The highest BCUT2D eigenvalue weighted by Crippen LogP contribution is 2.32. The number of nitrogens with one attached hydrogen (secondary N) is 1. The summed E-state index contributed by atoms with van der Waals surface area (Å²) in [6.07, 6.45) is -2.28. The van der Waals surface area contributed by atoms with E-state index in [0.29, 0.717) is 17.7 Å². The Morgan fingerprint density at radius 1 is 1.42 bits per heavy atom. The third-order valence-electron chi connectivity index (χ3n) is 3.70. The molecular weight excluding hydrogens is 320 g/mol. The van der Waals surface area contributed by atoms with Crippen LogP contribution >= 0.6 is 0 Å². The predicted octanol–water partition coefficient (Wildman–Crippen LogP) is -1.23. The minimum atomic E-state index is -1.25. The SMILES string of the molecule is CCNC(=O)OC[C@H]1O[C@@H](n2cnc3c(N)ncnc32)C(O)C1O. The van der Waals surface area contributed by atoms with Crippen LogP contribution in [0.4, 0.5) is 10.6 Å². The lowest BCUT2D eigenvalue weighted by atomic mass is 10.1. The van der Waals surface area contributed by atoms with Gasteiger partial charge in [-0.15, -0.1) is 0 Å². The number of carbonyl (C=O) groups is 1. The van der Waals surface area contributed by atoms with Crippen LogP contribution in [0.5, 0.6) is 0 Å². The van der Waals surface area contributed by atoms with Crippen LogP contribution in [0.1, 0.15) is 13.2 Å². The van der Waals surface area contributed by atoms with Crippen LogP contribution < -0.4 is 11.1 Å². The number of alkyl carbamates (subject to hydrolysis) is 1. The Balaban J connectivity index is 1.77. The van der Waals surface area contributed by atoms with Crippen LogP contribution in [0, 0.1) is 0 Å². The average molecular weight is 338 g/mol. The van der Waals surface area contributed by atoms with Crippen molar-refractivity contribution in [3.8, 4) is 0 Å². The number of nitrogens with zero attached hydrogens (tertiary/aromatic N) is 4. The molecule has 1 aliphatic heterocycles. The normalized spacial score (nSPS) is 26.6. The number of amides is 1. The number of anilines is 1. The Hall–Kier alpha value is -2.50. The zero-order valence-electron chi connectivity index (χ0n) is 12.9. The van der Waals surface area contributed by atoms with Gasteiger partial charge in [0.1, 0.15) is 36.8 Å². The number of hydrogen-bond acceptors (Lipinski definition) is 9. The van der Waals surface area contributed by atoms with Crippen molar-refractivity contribution in [2.24, 2.45) is 0 Å². The number of fused-ring (bicyclic) bond motifs is 1. The van der Waals surface area contributed by atoms with Gasteiger partial charge in [-0.3, -0.25) is 4.57 Å². The van der Waals surface area contributed by atoms with Crippen molar-refractivity contribution >= 4 is 23.1 Å². The summed E-state index contributed by atoms with van der Waals surface area (Å²) in [5, 5.41) is 22.8. The van der Waals surface area contributed by atoms with E-state index in [9.17, 15) is 15.0 Å². The van der Waals surface area contributed by atoms with Gasteiger partial charge < -0.3 is 30.7 Å². The fourth-order valence-corrected chi connectivity index (χ4v) is 2.51. The molecule has 1 aliphatic rings. The molecule has 3 rings (SSSR count). The van der Waals surface area contributed by atoms with E-state index in [0.717, 1.165) is 0 Å². The molecule has 0 aliphatic carbocycles. The first-order valence-corrected chi connectivity index (χ1v) is 7.38. The number of nitrogen functional groups attached to an aromatic ring is 1. The van der Waals surface area contributed by atoms with Crippen molar-refractivity contribution in [1.82, 2.24) is 24.8 Å². The lowest BCUT2D eigenvalue weighted by Crippen LogP contribution is -2.35. The van der Waals surface area contributed by atoms with E-state index in [1.54, 1.807) is 6.92 Å². The zero-order chi connectivity index (χ0) is 17.3. The summed E-state index contributed by atoms with van der Waals surface area (Å²) in [6, 6.07) is 0. The van der Waals surface area contributed by atoms with Crippen LogP contribution in [0.3, 0.4) is 0 Å². The molecule has 0 saturated carbocycles. The molecular formula is C13H18N6O5. The summed E-state index contributed by atoms with van der Waals surface area (Å²) in [4.78, 5) is 23.3. The van der Waals surface area contributed by atoms with Gasteiger partial charge >= 0.3 is 6.09 Å². The molecule has 0 spiro atoms. The van der Waals surface area contributed by atoms with Crippen LogP contribution in [0.2, 0.25) is 0 Å². The zero-order valence-corrected chi connectivity index (χ0v) is 12.9. The van der Waals surface area contributed by atoms with Gasteiger partial charge in [0.15, 0.2) is 17.7 Å². The third kappa shape index (κ3) is 2.84. The molecule has 0 radical (unpaired) electrons. The number of aliphatic hydroxyl groups excluding tert-OH is 2. The van der Waals surface area contributed by atoms with Gasteiger partial charge in [0, 0.05) is 6.54 Å². The molecule has 11 heteroatoms. The highest BCUT2D eigenvalue weighted by Gasteiger charge is 2.44. The minimum absolute atomic E-state index is 0.197. The van der Waals surface area contributed by atoms with E-state index < -0.39 is 30.6 Å². The summed E-state index contributed by atoms with van der Waals surface area (Å²) in [5.41, 5.74) is 6.45. The van der Waals surface area contributed by atoms with Gasteiger partial charge in [0.05, 0.1) is 6.33 Å². The van der Waals surface area contributed by atoms with Crippen molar-refractivity contribution in [3.05, 3.63) is 12.7 Å². The molecule has 4 atom stereocenters. The van der Waals surface area contributed by atoms with Gasteiger partial charge in [-0.1, -0.05) is 0 Å².